The molecule has 2 aromatic carbocycles. The number of hydrogen-bond donors (Lipinski definition) is 2. The van der Waals surface area contributed by atoms with Gasteiger partial charge < -0.3 is 14.8 Å². The average Bonchev–Trinajstić information content (AvgIpc) is 2.93. The van der Waals surface area contributed by atoms with Gasteiger partial charge in [0, 0.05) is 15.1 Å². The van der Waals surface area contributed by atoms with E-state index in [-0.39, 0.29) is 11.1 Å². The van der Waals surface area contributed by atoms with Crippen LogP contribution in [0.3, 0.4) is 0 Å². The molecular formula is C18H14BrClN2O3S. The molecule has 0 radical (unpaired) electrons. The first-order valence-corrected chi connectivity index (χ1v) is 9.50. The van der Waals surface area contributed by atoms with Crippen LogP contribution in [0.1, 0.15) is 11.1 Å². The molecule has 5 nitrogen and oxygen atoms in total. The lowest BCUT2D eigenvalue weighted by Crippen LogP contribution is -2.18. The van der Waals surface area contributed by atoms with Crippen molar-refractivity contribution in [1.29, 1.82) is 5.41 Å². The van der Waals surface area contributed by atoms with Crippen molar-refractivity contribution < 1.29 is 14.3 Å². The van der Waals surface area contributed by atoms with E-state index in [9.17, 15) is 4.79 Å². The highest BCUT2D eigenvalue weighted by Crippen LogP contribution is 2.37. The first-order valence-electron chi connectivity index (χ1n) is 7.51. The van der Waals surface area contributed by atoms with Gasteiger partial charge in [0.15, 0.2) is 16.7 Å². The van der Waals surface area contributed by atoms with Crippen LogP contribution in [0.15, 0.2) is 45.8 Å². The minimum atomic E-state index is -0.287. The van der Waals surface area contributed by atoms with E-state index in [1.165, 1.54) is 0 Å². The Morgan fingerprint density at radius 3 is 2.73 bits per heavy atom. The molecule has 0 atom stereocenters. The van der Waals surface area contributed by atoms with Gasteiger partial charge in [-0.3, -0.25) is 10.2 Å². The van der Waals surface area contributed by atoms with E-state index >= 15 is 0 Å². The van der Waals surface area contributed by atoms with E-state index < -0.39 is 0 Å². The number of nitrogens with one attached hydrogen (secondary N) is 2. The van der Waals surface area contributed by atoms with Crippen molar-refractivity contribution >= 4 is 56.4 Å². The Labute approximate surface area is 168 Å². The quantitative estimate of drug-likeness (QED) is 0.636. The summed E-state index contributed by atoms with van der Waals surface area (Å²) >= 11 is 10.7. The predicted octanol–water partition coefficient (Wildman–Crippen LogP) is 4.83. The highest BCUT2D eigenvalue weighted by Gasteiger charge is 2.23. The molecule has 1 aliphatic rings. The summed E-state index contributed by atoms with van der Waals surface area (Å²) in [5, 5.41) is 10.7. The summed E-state index contributed by atoms with van der Waals surface area (Å²) in [5.74, 6) is 0.799. The second-order valence-electron chi connectivity index (χ2n) is 5.30. The number of rotatable bonds is 5. The lowest BCUT2D eigenvalue weighted by molar-refractivity contribution is -0.115. The van der Waals surface area contributed by atoms with Crippen molar-refractivity contribution in [1.82, 2.24) is 5.32 Å². The Balaban J connectivity index is 1.85. The van der Waals surface area contributed by atoms with Crippen LogP contribution in [-0.4, -0.2) is 18.2 Å². The van der Waals surface area contributed by atoms with E-state index in [2.05, 4.69) is 21.2 Å². The average molecular weight is 454 g/mol. The molecule has 0 saturated carbocycles. The van der Waals surface area contributed by atoms with Gasteiger partial charge in [-0.25, -0.2) is 0 Å². The molecule has 2 N–H and O–H groups in total. The molecular weight excluding hydrogens is 440 g/mol. The van der Waals surface area contributed by atoms with E-state index in [0.29, 0.717) is 28.0 Å². The van der Waals surface area contributed by atoms with Crippen LogP contribution in [0.2, 0.25) is 5.02 Å². The molecule has 1 fully saturated rings. The van der Waals surface area contributed by atoms with Gasteiger partial charge in [-0.1, -0.05) is 45.7 Å². The number of hydrogen-bond acceptors (Lipinski definition) is 5. The van der Waals surface area contributed by atoms with Crippen molar-refractivity contribution in [2.75, 3.05) is 7.11 Å². The molecule has 2 aromatic rings. The zero-order valence-corrected chi connectivity index (χ0v) is 16.8. The maximum absolute atomic E-state index is 11.8. The van der Waals surface area contributed by atoms with Crippen molar-refractivity contribution in [2.24, 2.45) is 0 Å². The molecule has 1 saturated heterocycles. The van der Waals surface area contributed by atoms with Crippen LogP contribution in [0.5, 0.6) is 11.5 Å². The summed E-state index contributed by atoms with van der Waals surface area (Å²) in [6, 6.07) is 11.0. The summed E-state index contributed by atoms with van der Waals surface area (Å²) in [6.45, 7) is 0.304. The molecule has 0 spiro atoms. The van der Waals surface area contributed by atoms with Gasteiger partial charge in [0.2, 0.25) is 0 Å². The van der Waals surface area contributed by atoms with Crippen molar-refractivity contribution in [2.45, 2.75) is 6.61 Å². The number of ether oxygens (including phenoxy) is 2. The Morgan fingerprint density at radius 1 is 1.31 bits per heavy atom. The van der Waals surface area contributed by atoms with Crippen LogP contribution in [0, 0.1) is 5.41 Å². The molecule has 0 unspecified atom stereocenters. The van der Waals surface area contributed by atoms with Gasteiger partial charge in [-0.15, -0.1) is 0 Å². The second-order valence-corrected chi connectivity index (χ2v) is 7.61. The van der Waals surface area contributed by atoms with Gasteiger partial charge in [-0.2, -0.15) is 0 Å². The third-order valence-corrected chi connectivity index (χ3v) is 5.46. The maximum atomic E-state index is 11.8. The predicted molar refractivity (Wildman–Crippen MR) is 108 cm³/mol. The van der Waals surface area contributed by atoms with Crippen LogP contribution in [-0.2, 0) is 11.4 Å². The minimum absolute atomic E-state index is 0.115. The van der Waals surface area contributed by atoms with Gasteiger partial charge >= 0.3 is 0 Å². The van der Waals surface area contributed by atoms with Crippen LogP contribution in [0.25, 0.3) is 6.08 Å². The van der Waals surface area contributed by atoms with E-state index in [1.807, 2.05) is 24.3 Å². The standard InChI is InChI=1S/C18H14BrClN2O3S/c1-24-14-6-11(7-16-17(23)22-18(21)26-16)12(19)8-15(14)25-9-10-4-2-3-5-13(10)20/h2-8H,9H2,1H3,(H2,21,22,23). The topological polar surface area (TPSA) is 71.4 Å². The Bertz CT molecular complexity index is 917. The van der Waals surface area contributed by atoms with E-state index in [4.69, 9.17) is 26.5 Å². The number of benzene rings is 2. The summed E-state index contributed by atoms with van der Waals surface area (Å²) < 4.78 is 12.0. The maximum Gasteiger partial charge on any atom is 0.264 e. The second kappa shape index (κ2) is 8.16. The van der Waals surface area contributed by atoms with Crippen molar-refractivity contribution in [3.05, 3.63) is 61.9 Å². The smallest absolute Gasteiger partial charge is 0.264 e. The number of carbonyl (C=O) groups excluding carboxylic acids is 1. The molecule has 134 valence electrons. The first kappa shape index (κ1) is 18.8. The molecule has 3 rings (SSSR count). The van der Waals surface area contributed by atoms with Gasteiger partial charge in [0.05, 0.1) is 12.0 Å². The molecule has 1 amide bonds. The third-order valence-electron chi connectivity index (χ3n) is 3.57. The van der Waals surface area contributed by atoms with E-state index in [1.54, 1.807) is 25.3 Å². The lowest BCUT2D eigenvalue weighted by atomic mass is 10.1. The number of methoxy groups -OCH3 is 1. The van der Waals surface area contributed by atoms with E-state index in [0.717, 1.165) is 27.4 Å². The van der Waals surface area contributed by atoms with Crippen LogP contribution < -0.4 is 14.8 Å². The summed E-state index contributed by atoms with van der Waals surface area (Å²) in [6.07, 6.45) is 1.70. The molecule has 0 aliphatic carbocycles. The SMILES string of the molecule is COc1cc(C=C2SC(=N)NC2=O)c(Br)cc1OCc1ccccc1Cl. The number of halogens is 2. The zero-order valence-electron chi connectivity index (χ0n) is 13.6. The molecule has 0 aromatic heterocycles. The highest BCUT2D eigenvalue weighted by molar-refractivity contribution is 9.10. The molecule has 1 heterocycles. The van der Waals surface area contributed by atoms with Crippen molar-refractivity contribution in [3.63, 3.8) is 0 Å². The van der Waals surface area contributed by atoms with Gasteiger partial charge in [0.25, 0.3) is 5.91 Å². The van der Waals surface area contributed by atoms with Crippen LogP contribution in [0.4, 0.5) is 0 Å². The number of carbonyl (C=O) groups is 1. The molecule has 1 aliphatic heterocycles. The fourth-order valence-electron chi connectivity index (χ4n) is 2.29. The summed E-state index contributed by atoms with van der Waals surface area (Å²) in [5.41, 5.74) is 1.62. The normalized spacial score (nSPS) is 15.3. The number of thioether (sulfide) groups is 1. The largest absolute Gasteiger partial charge is 0.493 e. The minimum Gasteiger partial charge on any atom is -0.493 e. The molecule has 8 heteroatoms. The number of amidine groups is 1. The Morgan fingerprint density at radius 2 is 2.08 bits per heavy atom. The highest BCUT2D eigenvalue weighted by atomic mass is 79.9. The van der Waals surface area contributed by atoms with Crippen molar-refractivity contribution in [3.8, 4) is 11.5 Å². The lowest BCUT2D eigenvalue weighted by Gasteiger charge is -2.13. The van der Waals surface area contributed by atoms with Gasteiger partial charge in [-0.05, 0) is 41.6 Å². The molecule has 0 bridgehead atoms. The zero-order chi connectivity index (χ0) is 18.7. The summed E-state index contributed by atoms with van der Waals surface area (Å²) in [7, 11) is 1.55. The first-order chi connectivity index (χ1) is 12.5. The third kappa shape index (κ3) is 4.23. The Hall–Kier alpha value is -1.96. The van der Waals surface area contributed by atoms with Gasteiger partial charge in [0.1, 0.15) is 6.61 Å². The monoisotopic (exact) mass is 452 g/mol. The van der Waals surface area contributed by atoms with Crippen LogP contribution >= 0.6 is 39.3 Å². The fraction of sp³-hybridized carbons (Fsp3) is 0.111. The molecule has 26 heavy (non-hydrogen) atoms. The Kier molecular flexibility index (Phi) is 5.90. The number of amides is 1. The summed E-state index contributed by atoms with van der Waals surface area (Å²) in [4.78, 5) is 12.2. The fourth-order valence-corrected chi connectivity index (χ4v) is 3.61.